The Labute approximate surface area is 190 Å². The van der Waals surface area contributed by atoms with Crippen molar-refractivity contribution in [3.63, 3.8) is 0 Å². The van der Waals surface area contributed by atoms with Crippen molar-refractivity contribution in [3.8, 4) is 0 Å². The van der Waals surface area contributed by atoms with E-state index < -0.39 is 42.2 Å². The molecule has 1 aliphatic carbocycles. The second-order valence-corrected chi connectivity index (χ2v) is 7.58. The van der Waals surface area contributed by atoms with E-state index in [2.05, 4.69) is 0 Å². The van der Waals surface area contributed by atoms with Crippen molar-refractivity contribution >= 4 is 23.9 Å². The molecule has 0 saturated carbocycles. The zero-order valence-electron chi connectivity index (χ0n) is 18.0. The minimum absolute atomic E-state index is 0.0492. The summed E-state index contributed by atoms with van der Waals surface area (Å²) in [6.45, 7) is 1.15. The molecule has 0 aromatic heterocycles. The zero-order chi connectivity index (χ0) is 23.8. The van der Waals surface area contributed by atoms with E-state index in [-0.39, 0.29) is 24.8 Å². The van der Waals surface area contributed by atoms with E-state index in [1.165, 1.54) is 6.08 Å². The zero-order valence-corrected chi connectivity index (χ0v) is 18.0. The molecule has 2 aromatic carbocycles. The van der Waals surface area contributed by atoms with Gasteiger partial charge in [-0.05, 0) is 17.2 Å². The van der Waals surface area contributed by atoms with Crippen molar-refractivity contribution in [3.05, 3.63) is 83.4 Å². The van der Waals surface area contributed by atoms with Crippen LogP contribution in [0.4, 0.5) is 0 Å². The number of aliphatic carboxylic acids is 1. The smallest absolute Gasteiger partial charge is 0.331 e. The molecule has 1 N–H and O–H groups in total. The minimum Gasteiger partial charge on any atom is -0.478 e. The van der Waals surface area contributed by atoms with Gasteiger partial charge in [-0.1, -0.05) is 60.7 Å². The Morgan fingerprint density at radius 3 is 1.82 bits per heavy atom. The molecular formula is C25H24O8. The molecule has 0 spiro atoms. The van der Waals surface area contributed by atoms with Crippen LogP contribution < -0.4 is 0 Å². The molecule has 0 unspecified atom stereocenters. The first kappa shape index (κ1) is 23.7. The summed E-state index contributed by atoms with van der Waals surface area (Å²) in [7, 11) is 0. The van der Waals surface area contributed by atoms with Crippen molar-refractivity contribution in [2.75, 3.05) is 0 Å². The Bertz CT molecular complexity index is 1030. The third-order valence-corrected chi connectivity index (χ3v) is 4.99. The Kier molecular flexibility index (Phi) is 7.96. The maximum atomic E-state index is 12.6. The lowest BCUT2D eigenvalue weighted by Gasteiger charge is -2.34. The van der Waals surface area contributed by atoms with Gasteiger partial charge in [-0.25, -0.2) is 4.79 Å². The van der Waals surface area contributed by atoms with Crippen LogP contribution in [0.5, 0.6) is 0 Å². The predicted octanol–water partition coefficient (Wildman–Crippen LogP) is 2.64. The average molecular weight is 452 g/mol. The Balaban J connectivity index is 1.81. The molecule has 2 aromatic rings. The Morgan fingerprint density at radius 2 is 1.33 bits per heavy atom. The van der Waals surface area contributed by atoms with Crippen LogP contribution in [0.25, 0.3) is 0 Å². The molecule has 0 fully saturated rings. The summed E-state index contributed by atoms with van der Waals surface area (Å²) in [5.74, 6) is -3.19. The molecule has 0 aliphatic heterocycles. The number of hydrogen-bond donors (Lipinski definition) is 1. The lowest BCUT2D eigenvalue weighted by atomic mass is 9.91. The molecule has 0 saturated heterocycles. The maximum absolute atomic E-state index is 12.6. The minimum atomic E-state index is -1.25. The van der Waals surface area contributed by atoms with Crippen molar-refractivity contribution in [1.82, 2.24) is 0 Å². The highest BCUT2D eigenvalue weighted by molar-refractivity contribution is 5.87. The molecule has 0 radical (unpaired) electrons. The highest BCUT2D eigenvalue weighted by atomic mass is 16.6. The predicted molar refractivity (Wildman–Crippen MR) is 116 cm³/mol. The molecule has 8 nitrogen and oxygen atoms in total. The fraction of sp³-hybridized carbons (Fsp3) is 0.280. The molecule has 0 amide bonds. The van der Waals surface area contributed by atoms with Crippen LogP contribution in [-0.2, 0) is 46.2 Å². The third-order valence-electron chi connectivity index (χ3n) is 4.99. The van der Waals surface area contributed by atoms with Gasteiger partial charge in [0.2, 0.25) is 0 Å². The summed E-state index contributed by atoms with van der Waals surface area (Å²) in [6, 6.07) is 17.8. The molecule has 3 atom stereocenters. The third kappa shape index (κ3) is 7.03. The fourth-order valence-corrected chi connectivity index (χ4v) is 3.54. The molecule has 0 bridgehead atoms. The van der Waals surface area contributed by atoms with E-state index in [0.29, 0.717) is 11.1 Å². The van der Waals surface area contributed by atoms with Gasteiger partial charge in [0.25, 0.3) is 0 Å². The molecule has 8 heteroatoms. The lowest BCUT2D eigenvalue weighted by molar-refractivity contribution is -0.182. The number of rotatable bonds is 8. The van der Waals surface area contributed by atoms with Crippen molar-refractivity contribution < 1.29 is 38.5 Å². The number of ether oxygens (including phenoxy) is 3. The summed E-state index contributed by atoms with van der Waals surface area (Å²) in [4.78, 5) is 48.4. The number of carboxylic acids is 1. The van der Waals surface area contributed by atoms with Crippen LogP contribution in [0.3, 0.4) is 0 Å². The lowest BCUT2D eigenvalue weighted by Crippen LogP contribution is -2.48. The first-order chi connectivity index (χ1) is 15.8. The molecule has 0 heterocycles. The highest BCUT2D eigenvalue weighted by Gasteiger charge is 2.42. The standard InChI is InChI=1S/C25H24O8/c1-16(26)31-20-14-19(25(29)30)15-21(32-22(27)12-17-8-4-2-5-9-17)24(20)33-23(28)13-18-10-6-3-7-11-18/h2-11,14,20-21,24H,12-13,15H2,1H3,(H,29,30)/t20-,21-,24-/m1/s1. The van der Waals surface area contributed by atoms with E-state index >= 15 is 0 Å². The molecule has 172 valence electrons. The van der Waals surface area contributed by atoms with E-state index in [4.69, 9.17) is 14.2 Å². The van der Waals surface area contributed by atoms with Crippen LogP contribution >= 0.6 is 0 Å². The van der Waals surface area contributed by atoms with Crippen LogP contribution in [0, 0.1) is 0 Å². The average Bonchev–Trinajstić information content (AvgIpc) is 2.76. The first-order valence-electron chi connectivity index (χ1n) is 10.4. The first-order valence-corrected chi connectivity index (χ1v) is 10.4. The van der Waals surface area contributed by atoms with Gasteiger partial charge < -0.3 is 19.3 Å². The summed E-state index contributed by atoms with van der Waals surface area (Å²) in [5.41, 5.74) is 1.32. The number of esters is 3. The Morgan fingerprint density at radius 1 is 0.818 bits per heavy atom. The van der Waals surface area contributed by atoms with Gasteiger partial charge in [-0.3, -0.25) is 14.4 Å². The fourth-order valence-electron chi connectivity index (χ4n) is 3.54. The molecule has 3 rings (SSSR count). The Hall–Kier alpha value is -3.94. The summed E-state index contributed by atoms with van der Waals surface area (Å²) in [5, 5.41) is 9.48. The number of carbonyl (C=O) groups is 4. The normalized spacial score (nSPS) is 19.7. The number of benzene rings is 2. The summed E-state index contributed by atoms with van der Waals surface area (Å²) in [6.07, 6.45) is -2.62. The van der Waals surface area contributed by atoms with Crippen LogP contribution in [0.2, 0.25) is 0 Å². The monoisotopic (exact) mass is 452 g/mol. The number of carbonyl (C=O) groups excluding carboxylic acids is 3. The number of carboxylic acid groups (broad SMARTS) is 1. The SMILES string of the molecule is CC(=O)O[C@@H]1C=C(C(=O)O)C[C@@H](OC(=O)Cc2ccccc2)[C@@H]1OC(=O)Cc1ccccc1. The number of hydrogen-bond acceptors (Lipinski definition) is 7. The van der Waals surface area contributed by atoms with E-state index in [1.54, 1.807) is 48.5 Å². The molecular weight excluding hydrogens is 428 g/mol. The highest BCUT2D eigenvalue weighted by Crippen LogP contribution is 2.28. The van der Waals surface area contributed by atoms with Gasteiger partial charge in [0.1, 0.15) is 6.10 Å². The van der Waals surface area contributed by atoms with E-state index in [0.717, 1.165) is 6.92 Å². The molecule has 33 heavy (non-hydrogen) atoms. The van der Waals surface area contributed by atoms with Gasteiger partial charge in [0, 0.05) is 18.9 Å². The van der Waals surface area contributed by atoms with Crippen LogP contribution in [-0.4, -0.2) is 47.3 Å². The maximum Gasteiger partial charge on any atom is 0.331 e. The second-order valence-electron chi connectivity index (χ2n) is 7.58. The van der Waals surface area contributed by atoms with Gasteiger partial charge in [-0.15, -0.1) is 0 Å². The topological polar surface area (TPSA) is 116 Å². The second kappa shape index (κ2) is 11.1. The van der Waals surface area contributed by atoms with Gasteiger partial charge >= 0.3 is 23.9 Å². The molecule has 1 aliphatic rings. The van der Waals surface area contributed by atoms with Crippen molar-refractivity contribution in [2.45, 2.75) is 44.5 Å². The van der Waals surface area contributed by atoms with Gasteiger partial charge in [0.15, 0.2) is 12.2 Å². The van der Waals surface area contributed by atoms with Crippen molar-refractivity contribution in [2.24, 2.45) is 0 Å². The van der Waals surface area contributed by atoms with E-state index in [1.807, 2.05) is 12.1 Å². The van der Waals surface area contributed by atoms with Crippen LogP contribution in [0.15, 0.2) is 72.3 Å². The van der Waals surface area contributed by atoms with Crippen LogP contribution in [0.1, 0.15) is 24.5 Å². The summed E-state index contributed by atoms with van der Waals surface area (Å²) >= 11 is 0. The van der Waals surface area contributed by atoms with Crippen molar-refractivity contribution in [1.29, 1.82) is 0 Å². The largest absolute Gasteiger partial charge is 0.478 e. The van der Waals surface area contributed by atoms with Gasteiger partial charge in [-0.2, -0.15) is 0 Å². The summed E-state index contributed by atoms with van der Waals surface area (Å²) < 4.78 is 16.3. The quantitative estimate of drug-likeness (QED) is 0.480. The van der Waals surface area contributed by atoms with E-state index in [9.17, 15) is 24.3 Å². The van der Waals surface area contributed by atoms with Gasteiger partial charge in [0.05, 0.1) is 12.8 Å².